The molecule has 0 N–H and O–H groups in total. The number of pyridine rings is 1. The minimum Gasteiger partial charge on any atom is -0.201 e. The maximum absolute atomic E-state index is 2.35. The van der Waals surface area contributed by atoms with E-state index < -0.39 is 0 Å². The minimum atomic E-state index is 0.294. The van der Waals surface area contributed by atoms with Crippen molar-refractivity contribution in [2.75, 3.05) is 0 Å². The number of aromatic nitrogens is 1. The average Bonchev–Trinajstić information content (AvgIpc) is 2.58. The predicted octanol–water partition coefficient (Wildman–Crippen LogP) is 6.05. The molecule has 1 heteroatoms. The van der Waals surface area contributed by atoms with Gasteiger partial charge in [0.15, 0.2) is 6.20 Å². The van der Waals surface area contributed by atoms with E-state index in [9.17, 15) is 0 Å². The lowest BCUT2D eigenvalue weighted by molar-refractivity contribution is -0.660. The number of nitrogens with zero attached hydrogens (tertiary/aromatic N) is 1. The monoisotopic (exact) mass is 344 g/mol. The van der Waals surface area contributed by atoms with Gasteiger partial charge in [-0.1, -0.05) is 63.2 Å². The molecule has 3 rings (SSSR count). The average molecular weight is 345 g/mol. The highest BCUT2D eigenvalue weighted by Gasteiger charge is 2.20. The van der Waals surface area contributed by atoms with Crippen molar-refractivity contribution in [3.05, 3.63) is 77.5 Å². The summed E-state index contributed by atoms with van der Waals surface area (Å²) in [6.07, 6.45) is 3.40. The van der Waals surface area contributed by atoms with Crippen LogP contribution >= 0.6 is 0 Å². The number of aryl methyl sites for hydroxylation is 3. The molecule has 0 bridgehead atoms. The van der Waals surface area contributed by atoms with Crippen molar-refractivity contribution in [3.63, 3.8) is 0 Å². The summed E-state index contributed by atoms with van der Waals surface area (Å²) in [6.45, 7) is 11.3. The molecule has 0 saturated heterocycles. The van der Waals surface area contributed by atoms with E-state index in [4.69, 9.17) is 0 Å². The van der Waals surface area contributed by atoms with Gasteiger partial charge in [-0.05, 0) is 54.0 Å². The fourth-order valence-electron chi connectivity index (χ4n) is 3.54. The van der Waals surface area contributed by atoms with Crippen LogP contribution in [0.5, 0.6) is 0 Å². The van der Waals surface area contributed by atoms with E-state index >= 15 is 0 Å². The molecule has 0 atom stereocenters. The van der Waals surface area contributed by atoms with Gasteiger partial charge in [0.05, 0.1) is 0 Å². The third kappa shape index (κ3) is 4.04. The molecule has 2 aromatic carbocycles. The summed E-state index contributed by atoms with van der Waals surface area (Å²) in [5, 5.41) is 0. The zero-order valence-corrected chi connectivity index (χ0v) is 16.9. The first-order chi connectivity index (χ1) is 12.2. The summed E-state index contributed by atoms with van der Waals surface area (Å²) >= 11 is 0. The number of rotatable bonds is 3. The van der Waals surface area contributed by atoms with Gasteiger partial charge in [0.25, 0.3) is 0 Å². The van der Waals surface area contributed by atoms with Crippen molar-refractivity contribution in [1.29, 1.82) is 0 Å². The van der Waals surface area contributed by atoms with Crippen LogP contribution in [-0.2, 0) is 13.5 Å². The van der Waals surface area contributed by atoms with Gasteiger partial charge >= 0.3 is 0 Å². The van der Waals surface area contributed by atoms with Crippen LogP contribution in [0.1, 0.15) is 37.5 Å². The molecule has 0 aliphatic carbocycles. The molecule has 0 amide bonds. The molecule has 1 aromatic heterocycles. The fraction of sp³-hybridized carbons (Fsp3) is 0.320. The summed E-state index contributed by atoms with van der Waals surface area (Å²) in [6, 6.07) is 19.7. The molecular formula is C25H30N+. The summed E-state index contributed by atoms with van der Waals surface area (Å²) in [5.41, 5.74) is 9.51. The van der Waals surface area contributed by atoms with E-state index in [1.165, 1.54) is 39.1 Å². The Bertz CT molecular complexity index is 915. The number of benzene rings is 2. The molecular weight excluding hydrogens is 314 g/mol. The summed E-state index contributed by atoms with van der Waals surface area (Å²) in [5.74, 6) is 0. The van der Waals surface area contributed by atoms with Crippen molar-refractivity contribution in [2.45, 2.75) is 41.0 Å². The van der Waals surface area contributed by atoms with Crippen LogP contribution in [0.4, 0.5) is 0 Å². The number of hydrogen-bond donors (Lipinski definition) is 0. The Morgan fingerprint density at radius 3 is 2.15 bits per heavy atom. The van der Waals surface area contributed by atoms with E-state index in [2.05, 4.69) is 107 Å². The van der Waals surface area contributed by atoms with E-state index in [1.54, 1.807) is 0 Å². The second-order valence-corrected chi connectivity index (χ2v) is 8.61. The van der Waals surface area contributed by atoms with Gasteiger partial charge < -0.3 is 0 Å². The first kappa shape index (κ1) is 18.4. The quantitative estimate of drug-likeness (QED) is 0.509. The van der Waals surface area contributed by atoms with Crippen LogP contribution in [0.15, 0.2) is 60.8 Å². The Balaban J connectivity index is 2.08. The molecule has 0 fully saturated rings. The SMILES string of the molecule is Cc1cc(-c2cc(-c3ccccc3)ccc2C)[n+](C)cc1CC(C)(C)C. The molecule has 0 unspecified atom stereocenters. The lowest BCUT2D eigenvalue weighted by Gasteiger charge is -2.19. The fourth-order valence-corrected chi connectivity index (χ4v) is 3.54. The highest BCUT2D eigenvalue weighted by Crippen LogP contribution is 2.29. The lowest BCUT2D eigenvalue weighted by Crippen LogP contribution is -2.32. The van der Waals surface area contributed by atoms with E-state index in [0.717, 1.165) is 6.42 Å². The Hall–Kier alpha value is -2.41. The normalized spacial score (nSPS) is 11.6. The zero-order valence-electron chi connectivity index (χ0n) is 16.9. The van der Waals surface area contributed by atoms with Crippen LogP contribution in [0, 0.1) is 19.3 Å². The van der Waals surface area contributed by atoms with E-state index in [0.29, 0.717) is 5.41 Å². The Morgan fingerprint density at radius 1 is 0.808 bits per heavy atom. The largest absolute Gasteiger partial charge is 0.212 e. The summed E-state index contributed by atoms with van der Waals surface area (Å²) < 4.78 is 2.28. The highest BCUT2D eigenvalue weighted by atomic mass is 14.9. The van der Waals surface area contributed by atoms with Crippen LogP contribution in [0.3, 0.4) is 0 Å². The van der Waals surface area contributed by atoms with Gasteiger partial charge in [0, 0.05) is 17.2 Å². The molecule has 0 spiro atoms. The van der Waals surface area contributed by atoms with Crippen molar-refractivity contribution in [1.82, 2.24) is 0 Å². The van der Waals surface area contributed by atoms with Crippen molar-refractivity contribution < 1.29 is 4.57 Å². The van der Waals surface area contributed by atoms with Gasteiger partial charge in [-0.15, -0.1) is 0 Å². The first-order valence-electron chi connectivity index (χ1n) is 9.40. The molecule has 1 heterocycles. The molecule has 0 radical (unpaired) electrons. The van der Waals surface area contributed by atoms with Gasteiger partial charge in [0.1, 0.15) is 7.05 Å². The maximum atomic E-state index is 2.35. The molecule has 0 aliphatic heterocycles. The van der Waals surface area contributed by atoms with Crippen molar-refractivity contribution in [2.24, 2.45) is 12.5 Å². The maximum Gasteiger partial charge on any atom is 0.212 e. The predicted molar refractivity (Wildman–Crippen MR) is 111 cm³/mol. The third-order valence-corrected chi connectivity index (χ3v) is 4.93. The van der Waals surface area contributed by atoms with Crippen LogP contribution in [-0.4, -0.2) is 0 Å². The second kappa shape index (κ2) is 7.07. The molecule has 134 valence electrons. The van der Waals surface area contributed by atoms with Crippen LogP contribution < -0.4 is 4.57 Å². The minimum absolute atomic E-state index is 0.294. The molecule has 1 nitrogen and oxygen atoms in total. The highest BCUT2D eigenvalue weighted by molar-refractivity contribution is 5.73. The van der Waals surface area contributed by atoms with Gasteiger partial charge in [-0.25, -0.2) is 4.57 Å². The molecule has 0 aliphatic rings. The lowest BCUT2D eigenvalue weighted by atomic mass is 9.86. The molecule has 3 aromatic rings. The van der Waals surface area contributed by atoms with Crippen molar-refractivity contribution in [3.8, 4) is 22.4 Å². The Labute approximate surface area is 158 Å². The summed E-state index contributed by atoms with van der Waals surface area (Å²) in [4.78, 5) is 0. The standard InChI is InChI=1S/C25H30N/c1-18-12-13-21(20-10-8-7-9-11-20)15-23(18)24-14-19(2)22(17-26(24)6)16-25(3,4)5/h7-15,17H,16H2,1-6H3/q+1. The Morgan fingerprint density at radius 2 is 1.50 bits per heavy atom. The van der Waals surface area contributed by atoms with E-state index in [-0.39, 0.29) is 0 Å². The van der Waals surface area contributed by atoms with Crippen LogP contribution in [0.2, 0.25) is 0 Å². The third-order valence-electron chi connectivity index (χ3n) is 4.93. The number of hydrogen-bond acceptors (Lipinski definition) is 0. The smallest absolute Gasteiger partial charge is 0.201 e. The van der Waals surface area contributed by atoms with Gasteiger partial charge in [-0.3, -0.25) is 0 Å². The first-order valence-corrected chi connectivity index (χ1v) is 9.40. The van der Waals surface area contributed by atoms with Crippen LogP contribution in [0.25, 0.3) is 22.4 Å². The van der Waals surface area contributed by atoms with Gasteiger partial charge in [0.2, 0.25) is 5.69 Å². The Kier molecular flexibility index (Phi) is 5.00. The van der Waals surface area contributed by atoms with Gasteiger partial charge in [-0.2, -0.15) is 0 Å². The van der Waals surface area contributed by atoms with E-state index in [1.807, 2.05) is 0 Å². The molecule has 0 saturated carbocycles. The molecule has 26 heavy (non-hydrogen) atoms. The second-order valence-electron chi connectivity index (χ2n) is 8.61. The van der Waals surface area contributed by atoms with Crippen molar-refractivity contribution >= 4 is 0 Å². The zero-order chi connectivity index (χ0) is 18.9. The summed E-state index contributed by atoms with van der Waals surface area (Å²) in [7, 11) is 2.16. The topological polar surface area (TPSA) is 3.88 Å².